The smallest absolute Gasteiger partial charge is 0.247 e. The molecule has 2 aliphatic rings. The molecule has 1 saturated heterocycles. The first-order valence-corrected chi connectivity index (χ1v) is 5.24. The Bertz CT molecular complexity index is 277. The Kier molecular flexibility index (Phi) is 2.31. The van der Waals surface area contributed by atoms with Crippen LogP contribution in [0.4, 0.5) is 0 Å². The maximum absolute atomic E-state index is 11.8. The molecule has 1 heterocycles. The van der Waals surface area contributed by atoms with Gasteiger partial charge in [-0.1, -0.05) is 19.8 Å². The zero-order chi connectivity index (χ0) is 10.2. The van der Waals surface area contributed by atoms with Crippen molar-refractivity contribution in [3.05, 3.63) is 0 Å². The number of hydrogen-bond acceptors (Lipinski definition) is 3. The highest BCUT2D eigenvalue weighted by molar-refractivity contribution is 6.03. The molecule has 4 heteroatoms. The summed E-state index contributed by atoms with van der Waals surface area (Å²) in [6.45, 7) is 2.36. The second kappa shape index (κ2) is 3.35. The van der Waals surface area contributed by atoms with Gasteiger partial charge in [-0.3, -0.25) is 20.2 Å². The summed E-state index contributed by atoms with van der Waals surface area (Å²) < 4.78 is 0. The third-order valence-corrected chi connectivity index (χ3v) is 3.52. The maximum Gasteiger partial charge on any atom is 0.247 e. The van der Waals surface area contributed by atoms with Gasteiger partial charge in [0.1, 0.15) is 5.54 Å². The molecule has 4 nitrogen and oxygen atoms in total. The molecule has 0 radical (unpaired) electrons. The van der Waals surface area contributed by atoms with Crippen LogP contribution in [0.25, 0.3) is 0 Å². The highest BCUT2D eigenvalue weighted by Crippen LogP contribution is 2.34. The predicted octanol–water partition coefficient (Wildman–Crippen LogP) is 0.181. The molecule has 78 valence electrons. The van der Waals surface area contributed by atoms with Crippen LogP contribution in [-0.4, -0.2) is 23.9 Å². The minimum Gasteiger partial charge on any atom is -0.294 e. The Morgan fingerprint density at radius 2 is 2.14 bits per heavy atom. The average molecular weight is 196 g/mol. The van der Waals surface area contributed by atoms with Crippen molar-refractivity contribution in [1.29, 1.82) is 0 Å². The van der Waals surface area contributed by atoms with Crippen LogP contribution in [0.3, 0.4) is 0 Å². The fourth-order valence-electron chi connectivity index (χ4n) is 2.55. The number of imide groups is 1. The number of rotatable bonds is 0. The van der Waals surface area contributed by atoms with Gasteiger partial charge in [-0.15, -0.1) is 0 Å². The van der Waals surface area contributed by atoms with Crippen LogP contribution in [0.2, 0.25) is 0 Å². The molecule has 2 rings (SSSR count). The summed E-state index contributed by atoms with van der Waals surface area (Å²) in [5.41, 5.74) is -0.466. The number of piperazine rings is 1. The van der Waals surface area contributed by atoms with Crippen molar-refractivity contribution in [3.63, 3.8) is 0 Å². The summed E-state index contributed by atoms with van der Waals surface area (Å²) in [4.78, 5) is 22.8. The quantitative estimate of drug-likeness (QED) is 0.543. The van der Waals surface area contributed by atoms with Crippen LogP contribution >= 0.6 is 0 Å². The van der Waals surface area contributed by atoms with Crippen LogP contribution in [-0.2, 0) is 9.59 Å². The molecule has 0 aromatic rings. The number of carbonyl (C=O) groups is 2. The van der Waals surface area contributed by atoms with E-state index in [2.05, 4.69) is 17.6 Å². The van der Waals surface area contributed by atoms with E-state index in [1.165, 1.54) is 6.42 Å². The molecule has 2 amide bonds. The van der Waals surface area contributed by atoms with Crippen molar-refractivity contribution in [2.24, 2.45) is 5.92 Å². The van der Waals surface area contributed by atoms with Gasteiger partial charge in [-0.2, -0.15) is 0 Å². The fraction of sp³-hybridized carbons (Fsp3) is 0.800. The molecular weight excluding hydrogens is 180 g/mol. The Labute approximate surface area is 83.4 Å². The van der Waals surface area contributed by atoms with E-state index in [9.17, 15) is 9.59 Å². The van der Waals surface area contributed by atoms with Gasteiger partial charge < -0.3 is 0 Å². The van der Waals surface area contributed by atoms with E-state index in [-0.39, 0.29) is 18.4 Å². The van der Waals surface area contributed by atoms with Crippen molar-refractivity contribution in [1.82, 2.24) is 10.6 Å². The van der Waals surface area contributed by atoms with Gasteiger partial charge in [-0.25, -0.2) is 0 Å². The summed E-state index contributed by atoms with van der Waals surface area (Å²) in [7, 11) is 0. The van der Waals surface area contributed by atoms with Crippen molar-refractivity contribution < 1.29 is 9.59 Å². The molecule has 14 heavy (non-hydrogen) atoms. The van der Waals surface area contributed by atoms with Crippen LogP contribution < -0.4 is 10.6 Å². The van der Waals surface area contributed by atoms with E-state index in [4.69, 9.17) is 0 Å². The molecule has 1 aliphatic carbocycles. The average Bonchev–Trinajstić information content (AvgIpc) is 2.15. The van der Waals surface area contributed by atoms with E-state index in [0.29, 0.717) is 5.92 Å². The zero-order valence-electron chi connectivity index (χ0n) is 8.43. The molecule has 0 bridgehead atoms. The van der Waals surface area contributed by atoms with Gasteiger partial charge in [0, 0.05) is 0 Å². The zero-order valence-corrected chi connectivity index (χ0v) is 8.43. The molecule has 2 atom stereocenters. The molecule has 1 spiro atoms. The molecular formula is C10H16N2O2. The summed E-state index contributed by atoms with van der Waals surface area (Å²) in [5, 5.41) is 5.55. The third-order valence-electron chi connectivity index (χ3n) is 3.52. The first kappa shape index (κ1) is 9.65. The van der Waals surface area contributed by atoms with Crippen molar-refractivity contribution in [3.8, 4) is 0 Å². The second-order valence-corrected chi connectivity index (χ2v) is 4.35. The first-order chi connectivity index (χ1) is 6.65. The second-order valence-electron chi connectivity index (χ2n) is 4.35. The van der Waals surface area contributed by atoms with Gasteiger partial charge in [0.25, 0.3) is 0 Å². The van der Waals surface area contributed by atoms with E-state index in [0.717, 1.165) is 19.3 Å². The fourth-order valence-corrected chi connectivity index (χ4v) is 2.55. The Hall–Kier alpha value is -0.900. The maximum atomic E-state index is 11.8. The standard InChI is InChI=1S/C10H16N2O2/c1-7-4-2-3-5-10(7)9(14)12-8(13)6-11-10/h7,11H,2-6H2,1H3,(H,12,13,14). The van der Waals surface area contributed by atoms with Gasteiger partial charge in [0.15, 0.2) is 0 Å². The number of amides is 2. The summed E-state index contributed by atoms with van der Waals surface area (Å²) >= 11 is 0. The van der Waals surface area contributed by atoms with Crippen molar-refractivity contribution in [2.75, 3.05) is 6.54 Å². The third kappa shape index (κ3) is 1.34. The van der Waals surface area contributed by atoms with Crippen LogP contribution in [0, 0.1) is 5.92 Å². The Balaban J connectivity index is 2.20. The number of nitrogens with one attached hydrogen (secondary N) is 2. The lowest BCUT2D eigenvalue weighted by molar-refractivity contribution is -0.141. The molecule has 0 aromatic carbocycles. The van der Waals surface area contributed by atoms with Gasteiger partial charge in [0.2, 0.25) is 11.8 Å². The van der Waals surface area contributed by atoms with Gasteiger partial charge >= 0.3 is 0 Å². The normalized spacial score (nSPS) is 38.5. The summed E-state index contributed by atoms with van der Waals surface area (Å²) in [5.74, 6) is -0.0105. The lowest BCUT2D eigenvalue weighted by Gasteiger charge is -2.43. The minimum absolute atomic E-state index is 0.124. The molecule has 0 aromatic heterocycles. The SMILES string of the molecule is CC1CCCCC12NCC(=O)NC2=O. The van der Waals surface area contributed by atoms with Gasteiger partial charge in [0.05, 0.1) is 6.54 Å². The van der Waals surface area contributed by atoms with Crippen molar-refractivity contribution in [2.45, 2.75) is 38.1 Å². The first-order valence-electron chi connectivity index (χ1n) is 5.24. The van der Waals surface area contributed by atoms with Crippen LogP contribution in [0.5, 0.6) is 0 Å². The molecule has 1 aliphatic heterocycles. The largest absolute Gasteiger partial charge is 0.294 e. The van der Waals surface area contributed by atoms with E-state index in [1.54, 1.807) is 0 Å². The van der Waals surface area contributed by atoms with E-state index < -0.39 is 5.54 Å². The monoisotopic (exact) mass is 196 g/mol. The van der Waals surface area contributed by atoms with E-state index in [1.807, 2.05) is 0 Å². The highest BCUT2D eigenvalue weighted by Gasteiger charge is 2.47. The number of hydrogen-bond donors (Lipinski definition) is 2. The highest BCUT2D eigenvalue weighted by atomic mass is 16.2. The summed E-state index contributed by atoms with van der Waals surface area (Å²) in [6, 6.07) is 0. The number of carbonyl (C=O) groups excluding carboxylic acids is 2. The topological polar surface area (TPSA) is 58.2 Å². The van der Waals surface area contributed by atoms with Crippen LogP contribution in [0.1, 0.15) is 32.6 Å². The molecule has 1 saturated carbocycles. The molecule has 2 unspecified atom stereocenters. The lowest BCUT2D eigenvalue weighted by atomic mass is 9.72. The lowest BCUT2D eigenvalue weighted by Crippen LogP contribution is -2.68. The Morgan fingerprint density at radius 1 is 1.36 bits per heavy atom. The van der Waals surface area contributed by atoms with E-state index >= 15 is 0 Å². The van der Waals surface area contributed by atoms with Crippen molar-refractivity contribution >= 4 is 11.8 Å². The minimum atomic E-state index is -0.466. The van der Waals surface area contributed by atoms with Crippen LogP contribution in [0.15, 0.2) is 0 Å². The van der Waals surface area contributed by atoms with Gasteiger partial charge in [-0.05, 0) is 18.8 Å². The molecule has 2 fully saturated rings. The predicted molar refractivity (Wildman–Crippen MR) is 51.5 cm³/mol. The summed E-state index contributed by atoms with van der Waals surface area (Å²) in [6.07, 6.45) is 4.17. The molecule has 2 N–H and O–H groups in total. The Morgan fingerprint density at radius 3 is 2.79 bits per heavy atom.